The van der Waals surface area contributed by atoms with Crippen molar-refractivity contribution in [2.45, 2.75) is 156 Å². The molecule has 0 aliphatic carbocycles. The Bertz CT molecular complexity index is 388. The molecule has 0 fully saturated rings. The quantitative estimate of drug-likeness (QED) is 0.0854. The van der Waals surface area contributed by atoms with Gasteiger partial charge in [-0.15, -0.1) is 0 Å². The summed E-state index contributed by atoms with van der Waals surface area (Å²) in [6.45, 7) is 6.95. The highest BCUT2D eigenvalue weighted by Gasteiger charge is 2.14. The highest BCUT2D eigenvalue weighted by Crippen LogP contribution is 2.23. The Kier molecular flexibility index (Phi) is 24.8. The van der Waals surface area contributed by atoms with Gasteiger partial charge in [-0.1, -0.05) is 142 Å². The molecule has 1 unspecified atom stereocenters. The number of ether oxygens (including phenoxy) is 1. The number of unbranched alkanes of at least 4 members (excludes halogenated alkanes) is 16. The minimum absolute atomic E-state index is 0.00487. The monoisotopic (exact) mass is 436 g/mol. The van der Waals surface area contributed by atoms with E-state index in [-0.39, 0.29) is 5.97 Å². The van der Waals surface area contributed by atoms with Crippen LogP contribution in [0.4, 0.5) is 0 Å². The second kappa shape index (κ2) is 25.5. The van der Waals surface area contributed by atoms with Gasteiger partial charge in [0.15, 0.2) is 0 Å². The second-order valence-corrected chi connectivity index (χ2v) is 9.56. The summed E-state index contributed by atoms with van der Waals surface area (Å²) in [6.07, 6.45) is 31.5. The van der Waals surface area contributed by atoms with Gasteiger partial charge in [-0.3, -0.25) is 4.79 Å². The minimum Gasteiger partial charge on any atom is -0.461 e. The summed E-state index contributed by atoms with van der Waals surface area (Å²) in [5, 5.41) is 0. The SMILES string of the molecule is C/C=C/COC(=O)CC(CCCCCCCCCC)CCCCCCCCCCCC. The molecule has 0 radical (unpaired) electrons. The number of carbonyl (C=O) groups is 1. The molecular formula is C29H56O2. The van der Waals surface area contributed by atoms with Crippen LogP contribution in [0.1, 0.15) is 156 Å². The minimum atomic E-state index is -0.00487. The van der Waals surface area contributed by atoms with E-state index in [2.05, 4.69) is 13.8 Å². The van der Waals surface area contributed by atoms with Crippen LogP contribution in [0.15, 0.2) is 12.2 Å². The van der Waals surface area contributed by atoms with Crippen molar-refractivity contribution < 1.29 is 9.53 Å². The molecule has 1 atom stereocenters. The normalized spacial score (nSPS) is 12.5. The van der Waals surface area contributed by atoms with E-state index in [1.165, 1.54) is 128 Å². The van der Waals surface area contributed by atoms with Crippen LogP contribution in [0.3, 0.4) is 0 Å². The molecule has 0 aliphatic rings. The Morgan fingerprint density at radius 1 is 0.645 bits per heavy atom. The first-order valence-electron chi connectivity index (χ1n) is 14.0. The highest BCUT2D eigenvalue weighted by molar-refractivity contribution is 5.69. The highest BCUT2D eigenvalue weighted by atomic mass is 16.5. The summed E-state index contributed by atoms with van der Waals surface area (Å²) in [7, 11) is 0. The van der Waals surface area contributed by atoms with E-state index in [0.717, 1.165) is 0 Å². The maximum absolute atomic E-state index is 12.2. The van der Waals surface area contributed by atoms with E-state index in [1.54, 1.807) is 0 Å². The van der Waals surface area contributed by atoms with Crippen LogP contribution in [0, 0.1) is 5.92 Å². The lowest BCUT2D eigenvalue weighted by Crippen LogP contribution is -2.12. The molecule has 0 aromatic heterocycles. The van der Waals surface area contributed by atoms with Crippen molar-refractivity contribution in [3.05, 3.63) is 12.2 Å². The van der Waals surface area contributed by atoms with E-state index in [4.69, 9.17) is 4.74 Å². The van der Waals surface area contributed by atoms with Gasteiger partial charge >= 0.3 is 5.97 Å². The standard InChI is InChI=1S/C29H56O2/c1-4-7-10-12-14-16-17-19-21-23-25-28(27-29(30)31-26-9-6-3)24-22-20-18-15-13-11-8-5-2/h6,9,28H,4-5,7-8,10-27H2,1-3H3/b9-6+. The van der Waals surface area contributed by atoms with E-state index < -0.39 is 0 Å². The summed E-state index contributed by atoms with van der Waals surface area (Å²) in [5.41, 5.74) is 0. The van der Waals surface area contributed by atoms with Crippen molar-refractivity contribution in [1.82, 2.24) is 0 Å². The lowest BCUT2D eigenvalue weighted by molar-refractivity contribution is -0.143. The smallest absolute Gasteiger partial charge is 0.306 e. The molecule has 184 valence electrons. The Hall–Kier alpha value is -0.790. The predicted molar refractivity (Wildman–Crippen MR) is 138 cm³/mol. The molecule has 2 heteroatoms. The maximum Gasteiger partial charge on any atom is 0.306 e. The van der Waals surface area contributed by atoms with Gasteiger partial charge in [0.05, 0.1) is 0 Å². The first kappa shape index (κ1) is 30.2. The molecule has 0 N–H and O–H groups in total. The molecule has 0 rings (SSSR count). The van der Waals surface area contributed by atoms with E-state index in [9.17, 15) is 4.79 Å². The number of rotatable bonds is 24. The molecule has 0 aromatic carbocycles. The van der Waals surface area contributed by atoms with E-state index in [1.807, 2.05) is 19.1 Å². The number of allylic oxidation sites excluding steroid dienone is 1. The van der Waals surface area contributed by atoms with Crippen molar-refractivity contribution in [3.8, 4) is 0 Å². The molecule has 0 heterocycles. The summed E-state index contributed by atoms with van der Waals surface area (Å²) >= 11 is 0. The summed E-state index contributed by atoms with van der Waals surface area (Å²) in [4.78, 5) is 12.2. The second-order valence-electron chi connectivity index (χ2n) is 9.56. The molecule has 0 amide bonds. The number of carbonyl (C=O) groups excluding carboxylic acids is 1. The molecule has 31 heavy (non-hydrogen) atoms. The first-order valence-corrected chi connectivity index (χ1v) is 14.0. The molecule has 0 spiro atoms. The van der Waals surface area contributed by atoms with Gasteiger partial charge in [0.1, 0.15) is 6.61 Å². The number of hydrogen-bond acceptors (Lipinski definition) is 2. The fourth-order valence-electron chi connectivity index (χ4n) is 4.37. The molecule has 0 aromatic rings. The van der Waals surface area contributed by atoms with Crippen LogP contribution < -0.4 is 0 Å². The molecule has 0 saturated carbocycles. The van der Waals surface area contributed by atoms with Crippen molar-refractivity contribution in [2.24, 2.45) is 5.92 Å². The van der Waals surface area contributed by atoms with Crippen LogP contribution in [0.2, 0.25) is 0 Å². The van der Waals surface area contributed by atoms with Gasteiger partial charge in [-0.2, -0.15) is 0 Å². The third kappa shape index (κ3) is 23.7. The van der Waals surface area contributed by atoms with Crippen molar-refractivity contribution in [1.29, 1.82) is 0 Å². The van der Waals surface area contributed by atoms with Gasteiger partial charge in [0.25, 0.3) is 0 Å². The van der Waals surface area contributed by atoms with Gasteiger partial charge < -0.3 is 4.74 Å². The maximum atomic E-state index is 12.2. The van der Waals surface area contributed by atoms with Crippen molar-refractivity contribution >= 4 is 5.97 Å². The Morgan fingerprint density at radius 3 is 1.42 bits per heavy atom. The number of hydrogen-bond donors (Lipinski definition) is 0. The zero-order valence-corrected chi connectivity index (χ0v) is 21.6. The molecule has 0 aliphatic heterocycles. The van der Waals surface area contributed by atoms with Crippen molar-refractivity contribution in [2.75, 3.05) is 6.61 Å². The predicted octanol–water partition coefficient (Wildman–Crippen LogP) is 9.95. The summed E-state index contributed by atoms with van der Waals surface area (Å²) in [5.74, 6) is 0.516. The molecule has 0 bridgehead atoms. The lowest BCUT2D eigenvalue weighted by Gasteiger charge is -2.16. The zero-order chi connectivity index (χ0) is 22.8. The topological polar surface area (TPSA) is 26.3 Å². The lowest BCUT2D eigenvalue weighted by atomic mass is 9.91. The van der Waals surface area contributed by atoms with E-state index >= 15 is 0 Å². The molecule has 0 saturated heterocycles. The fourth-order valence-corrected chi connectivity index (χ4v) is 4.37. The van der Waals surface area contributed by atoms with Crippen LogP contribution in [0.5, 0.6) is 0 Å². The third-order valence-corrected chi connectivity index (χ3v) is 6.46. The van der Waals surface area contributed by atoms with E-state index in [0.29, 0.717) is 18.9 Å². The van der Waals surface area contributed by atoms with Crippen LogP contribution in [-0.2, 0) is 9.53 Å². The molecular weight excluding hydrogens is 380 g/mol. The van der Waals surface area contributed by atoms with Gasteiger partial charge in [-0.05, 0) is 25.7 Å². The molecule has 2 nitrogen and oxygen atoms in total. The largest absolute Gasteiger partial charge is 0.461 e. The van der Waals surface area contributed by atoms with Crippen LogP contribution in [0.25, 0.3) is 0 Å². The summed E-state index contributed by atoms with van der Waals surface area (Å²) in [6, 6.07) is 0. The average Bonchev–Trinajstić information content (AvgIpc) is 2.76. The number of esters is 1. The van der Waals surface area contributed by atoms with Gasteiger partial charge in [-0.25, -0.2) is 0 Å². The Labute approximate surface area is 196 Å². The Morgan fingerprint density at radius 2 is 1.03 bits per heavy atom. The zero-order valence-electron chi connectivity index (χ0n) is 21.6. The fraction of sp³-hybridized carbons (Fsp3) is 0.897. The third-order valence-electron chi connectivity index (χ3n) is 6.46. The van der Waals surface area contributed by atoms with Gasteiger partial charge in [0.2, 0.25) is 0 Å². The average molecular weight is 437 g/mol. The first-order chi connectivity index (χ1) is 15.2. The van der Waals surface area contributed by atoms with Crippen LogP contribution in [-0.4, -0.2) is 12.6 Å². The Balaban J connectivity index is 3.94. The van der Waals surface area contributed by atoms with Gasteiger partial charge in [0, 0.05) is 6.42 Å². The summed E-state index contributed by atoms with van der Waals surface area (Å²) < 4.78 is 5.37. The van der Waals surface area contributed by atoms with Crippen LogP contribution >= 0.6 is 0 Å². The van der Waals surface area contributed by atoms with Crippen molar-refractivity contribution in [3.63, 3.8) is 0 Å².